The van der Waals surface area contributed by atoms with Gasteiger partial charge < -0.3 is 16.0 Å². The third-order valence-corrected chi connectivity index (χ3v) is 3.24. The fourth-order valence-corrected chi connectivity index (χ4v) is 1.85. The first kappa shape index (κ1) is 12.6. The van der Waals surface area contributed by atoms with Crippen LogP contribution in [0.5, 0.6) is 0 Å². The number of thioether (sulfide) groups is 1. The average Bonchev–Trinajstić information content (AvgIpc) is 2.15. The van der Waals surface area contributed by atoms with Crippen LogP contribution in [-0.4, -0.2) is 34.3 Å². The molecule has 4 N–H and O–H groups in total. The summed E-state index contributed by atoms with van der Waals surface area (Å²) >= 11 is 1.71. The van der Waals surface area contributed by atoms with Crippen molar-refractivity contribution in [3.05, 3.63) is 0 Å². The topological polar surface area (TPSA) is 78.8 Å². The van der Waals surface area contributed by atoms with Gasteiger partial charge in [-0.15, -0.1) is 0 Å². The first-order valence-corrected chi connectivity index (χ1v) is 5.43. The Morgan fingerprint density at radius 2 is 2.08 bits per heavy atom. The van der Waals surface area contributed by atoms with Gasteiger partial charge in [-0.3, -0.25) is 0 Å². The van der Waals surface area contributed by atoms with Gasteiger partial charge in [0.1, 0.15) is 5.84 Å². The standard InChI is InChI=1S/C8H18N2O2S/c1-6(3-11)4-13-5-7(2)8(9)10-12/h6-7,11-12H,3-5H2,1-2H3,(H2,9,10). The Labute approximate surface area is 83.2 Å². The Bertz CT molecular complexity index is 164. The van der Waals surface area contributed by atoms with Crippen molar-refractivity contribution in [1.29, 1.82) is 0 Å². The minimum absolute atomic E-state index is 0.0842. The fourth-order valence-electron chi connectivity index (χ4n) is 0.683. The van der Waals surface area contributed by atoms with E-state index in [1.165, 1.54) is 0 Å². The molecule has 0 aromatic rings. The minimum Gasteiger partial charge on any atom is -0.409 e. The lowest BCUT2D eigenvalue weighted by molar-refractivity contribution is 0.250. The van der Waals surface area contributed by atoms with Gasteiger partial charge >= 0.3 is 0 Å². The number of nitrogens with zero attached hydrogens (tertiary/aromatic N) is 1. The van der Waals surface area contributed by atoms with Crippen molar-refractivity contribution in [1.82, 2.24) is 0 Å². The normalized spacial score (nSPS) is 17.0. The van der Waals surface area contributed by atoms with Gasteiger partial charge in [-0.25, -0.2) is 0 Å². The zero-order chi connectivity index (χ0) is 10.3. The van der Waals surface area contributed by atoms with Gasteiger partial charge in [0.15, 0.2) is 0 Å². The van der Waals surface area contributed by atoms with Crippen LogP contribution in [0.25, 0.3) is 0 Å². The monoisotopic (exact) mass is 206 g/mol. The van der Waals surface area contributed by atoms with Gasteiger partial charge in [-0.1, -0.05) is 19.0 Å². The Morgan fingerprint density at radius 1 is 1.46 bits per heavy atom. The van der Waals surface area contributed by atoms with Crippen molar-refractivity contribution < 1.29 is 10.3 Å². The molecule has 0 saturated heterocycles. The first-order chi connectivity index (χ1) is 6.11. The highest BCUT2D eigenvalue weighted by molar-refractivity contribution is 7.99. The molecule has 0 bridgehead atoms. The molecule has 0 aliphatic carbocycles. The first-order valence-electron chi connectivity index (χ1n) is 4.27. The van der Waals surface area contributed by atoms with Gasteiger partial charge in [-0.05, 0) is 11.7 Å². The maximum Gasteiger partial charge on any atom is 0.142 e. The van der Waals surface area contributed by atoms with Gasteiger partial charge in [0.25, 0.3) is 0 Å². The van der Waals surface area contributed by atoms with Crippen molar-refractivity contribution in [3.63, 3.8) is 0 Å². The van der Waals surface area contributed by atoms with E-state index >= 15 is 0 Å². The summed E-state index contributed by atoms with van der Waals surface area (Å²) in [6.07, 6.45) is 0. The fraction of sp³-hybridized carbons (Fsp3) is 0.875. The van der Waals surface area contributed by atoms with Crippen LogP contribution in [0, 0.1) is 11.8 Å². The molecule has 0 aliphatic rings. The second kappa shape index (κ2) is 7.03. The van der Waals surface area contributed by atoms with Gasteiger partial charge in [0.2, 0.25) is 0 Å². The van der Waals surface area contributed by atoms with Crippen LogP contribution < -0.4 is 5.73 Å². The molecule has 2 unspecified atom stereocenters. The number of rotatable bonds is 6. The largest absolute Gasteiger partial charge is 0.409 e. The summed E-state index contributed by atoms with van der Waals surface area (Å²) in [6, 6.07) is 0. The summed E-state index contributed by atoms with van der Waals surface area (Å²) in [5.41, 5.74) is 5.40. The number of aliphatic hydroxyl groups is 1. The highest BCUT2D eigenvalue weighted by Gasteiger charge is 2.08. The molecule has 13 heavy (non-hydrogen) atoms. The lowest BCUT2D eigenvalue weighted by atomic mass is 10.2. The zero-order valence-corrected chi connectivity index (χ0v) is 8.92. The molecule has 0 saturated carbocycles. The van der Waals surface area contributed by atoms with Crippen LogP contribution in [0.15, 0.2) is 5.16 Å². The maximum absolute atomic E-state index is 8.75. The van der Waals surface area contributed by atoms with Crippen molar-refractivity contribution in [3.8, 4) is 0 Å². The lowest BCUT2D eigenvalue weighted by Crippen LogP contribution is -2.23. The summed E-state index contributed by atoms with van der Waals surface area (Å²) < 4.78 is 0. The smallest absolute Gasteiger partial charge is 0.142 e. The molecule has 0 radical (unpaired) electrons. The summed E-state index contributed by atoms with van der Waals surface area (Å²) in [6.45, 7) is 4.11. The molecular formula is C8H18N2O2S. The Balaban J connectivity index is 3.53. The van der Waals surface area contributed by atoms with Crippen LogP contribution in [0.3, 0.4) is 0 Å². The van der Waals surface area contributed by atoms with E-state index in [0.717, 1.165) is 11.5 Å². The maximum atomic E-state index is 8.75. The molecule has 0 fully saturated rings. The molecule has 5 heteroatoms. The predicted molar refractivity (Wildman–Crippen MR) is 56.1 cm³/mol. The van der Waals surface area contributed by atoms with E-state index in [0.29, 0.717) is 5.92 Å². The van der Waals surface area contributed by atoms with Crippen molar-refractivity contribution in [2.24, 2.45) is 22.7 Å². The van der Waals surface area contributed by atoms with E-state index in [9.17, 15) is 0 Å². The van der Waals surface area contributed by atoms with E-state index in [1.54, 1.807) is 11.8 Å². The summed E-state index contributed by atoms with van der Waals surface area (Å²) in [5, 5.41) is 20.1. The van der Waals surface area contributed by atoms with E-state index < -0.39 is 0 Å². The Kier molecular flexibility index (Phi) is 6.80. The predicted octanol–water partition coefficient (Wildman–Crippen LogP) is 0.730. The molecular weight excluding hydrogens is 188 g/mol. The molecule has 0 spiro atoms. The number of oxime groups is 1. The molecule has 4 nitrogen and oxygen atoms in total. The summed E-state index contributed by atoms with van der Waals surface area (Å²) in [7, 11) is 0. The summed E-state index contributed by atoms with van der Waals surface area (Å²) in [5.74, 6) is 2.38. The van der Waals surface area contributed by atoms with Crippen LogP contribution >= 0.6 is 11.8 Å². The van der Waals surface area contributed by atoms with Crippen LogP contribution in [0.1, 0.15) is 13.8 Å². The van der Waals surface area contributed by atoms with Gasteiger partial charge in [0.05, 0.1) is 0 Å². The van der Waals surface area contributed by atoms with E-state index in [-0.39, 0.29) is 18.4 Å². The van der Waals surface area contributed by atoms with Crippen LogP contribution in [0.2, 0.25) is 0 Å². The molecule has 0 aromatic carbocycles. The molecule has 0 heterocycles. The van der Waals surface area contributed by atoms with Gasteiger partial charge in [0, 0.05) is 18.3 Å². The highest BCUT2D eigenvalue weighted by Crippen LogP contribution is 2.12. The quantitative estimate of drug-likeness (QED) is 0.259. The van der Waals surface area contributed by atoms with Crippen molar-refractivity contribution >= 4 is 17.6 Å². The zero-order valence-electron chi connectivity index (χ0n) is 8.10. The SMILES string of the molecule is CC(CO)CSCC(C)C(N)=NO. The second-order valence-corrected chi connectivity index (χ2v) is 4.33. The van der Waals surface area contributed by atoms with E-state index in [2.05, 4.69) is 5.16 Å². The van der Waals surface area contributed by atoms with E-state index in [1.807, 2.05) is 13.8 Å². The number of hydrogen-bond acceptors (Lipinski definition) is 4. The Hall–Kier alpha value is -0.420. The number of aliphatic hydroxyl groups excluding tert-OH is 1. The number of nitrogens with two attached hydrogens (primary N) is 1. The molecule has 0 aliphatic heterocycles. The van der Waals surface area contributed by atoms with Crippen molar-refractivity contribution in [2.45, 2.75) is 13.8 Å². The third kappa shape index (κ3) is 5.76. The third-order valence-electron chi connectivity index (χ3n) is 1.70. The van der Waals surface area contributed by atoms with Crippen LogP contribution in [0.4, 0.5) is 0 Å². The molecule has 78 valence electrons. The van der Waals surface area contributed by atoms with E-state index in [4.69, 9.17) is 16.0 Å². The minimum atomic E-state index is 0.0842. The van der Waals surface area contributed by atoms with Gasteiger partial charge in [-0.2, -0.15) is 11.8 Å². The molecule has 0 amide bonds. The molecule has 2 atom stereocenters. The average molecular weight is 206 g/mol. The highest BCUT2D eigenvalue weighted by atomic mass is 32.2. The van der Waals surface area contributed by atoms with Crippen LogP contribution in [-0.2, 0) is 0 Å². The molecule has 0 rings (SSSR count). The second-order valence-electron chi connectivity index (χ2n) is 3.25. The van der Waals surface area contributed by atoms with Crippen molar-refractivity contribution in [2.75, 3.05) is 18.1 Å². The number of amidine groups is 1. The number of hydrogen-bond donors (Lipinski definition) is 3. The summed E-state index contributed by atoms with van der Waals surface area (Å²) in [4.78, 5) is 0. The molecule has 0 aromatic heterocycles. The lowest BCUT2D eigenvalue weighted by Gasteiger charge is -2.11. The Morgan fingerprint density at radius 3 is 2.54 bits per heavy atom.